The third-order valence-electron chi connectivity index (χ3n) is 3.47. The van der Waals surface area contributed by atoms with Gasteiger partial charge < -0.3 is 10.3 Å². The number of carbonyl (C=O) groups is 2. The highest BCUT2D eigenvalue weighted by molar-refractivity contribution is 9.10. The van der Waals surface area contributed by atoms with Crippen molar-refractivity contribution in [3.8, 4) is 0 Å². The summed E-state index contributed by atoms with van der Waals surface area (Å²) in [5, 5.41) is 11.0. The molecule has 1 amide bonds. The number of primary amides is 1. The van der Waals surface area contributed by atoms with E-state index in [4.69, 9.17) is 5.73 Å². The fraction of sp³-hybridized carbons (Fsp3) is 0.429. The third kappa shape index (κ3) is 4.02. The summed E-state index contributed by atoms with van der Waals surface area (Å²) in [5.74, 6) is 1.31. The fourth-order valence-corrected chi connectivity index (χ4v) is 4.64. The zero-order valence-corrected chi connectivity index (χ0v) is 15.4. The van der Waals surface area contributed by atoms with Gasteiger partial charge in [-0.3, -0.25) is 9.59 Å². The Labute approximate surface area is 150 Å². The molecule has 2 N–H and O–H groups in total. The van der Waals surface area contributed by atoms with Crippen LogP contribution < -0.4 is 5.73 Å². The molecule has 0 bridgehead atoms. The summed E-state index contributed by atoms with van der Waals surface area (Å²) < 4.78 is 2.76. The van der Waals surface area contributed by atoms with Gasteiger partial charge in [-0.25, -0.2) is 0 Å². The maximum Gasteiger partial charge on any atom is 0.219 e. The van der Waals surface area contributed by atoms with Gasteiger partial charge in [0.15, 0.2) is 10.9 Å². The Morgan fingerprint density at radius 2 is 2.22 bits per heavy atom. The second-order valence-electron chi connectivity index (χ2n) is 5.29. The first-order valence-electron chi connectivity index (χ1n) is 7.16. The van der Waals surface area contributed by atoms with E-state index in [-0.39, 0.29) is 18.1 Å². The zero-order chi connectivity index (χ0) is 16.4. The number of rotatable bonds is 8. The second kappa shape index (κ2) is 7.14. The van der Waals surface area contributed by atoms with Gasteiger partial charge >= 0.3 is 0 Å². The fourth-order valence-electron chi connectivity index (χ4n) is 2.17. The molecule has 23 heavy (non-hydrogen) atoms. The van der Waals surface area contributed by atoms with Gasteiger partial charge in [-0.1, -0.05) is 11.8 Å². The van der Waals surface area contributed by atoms with Crippen molar-refractivity contribution >= 4 is 50.7 Å². The number of nitrogens with two attached hydrogens (primary N) is 1. The monoisotopic (exact) mass is 414 g/mol. The van der Waals surface area contributed by atoms with Crippen LogP contribution in [0.1, 0.15) is 40.7 Å². The van der Waals surface area contributed by atoms with E-state index in [1.54, 1.807) is 0 Å². The van der Waals surface area contributed by atoms with Crippen molar-refractivity contribution < 1.29 is 9.59 Å². The number of hydrogen-bond acceptors (Lipinski definition) is 6. The quantitative estimate of drug-likeness (QED) is 0.529. The van der Waals surface area contributed by atoms with Gasteiger partial charge in [0.1, 0.15) is 5.82 Å². The minimum atomic E-state index is -0.352. The summed E-state index contributed by atoms with van der Waals surface area (Å²) >= 11 is 6.15. The molecule has 0 unspecified atom stereocenters. The lowest BCUT2D eigenvalue weighted by Crippen LogP contribution is -2.15. The van der Waals surface area contributed by atoms with Gasteiger partial charge in [-0.05, 0) is 40.2 Å². The van der Waals surface area contributed by atoms with Crippen LogP contribution in [-0.2, 0) is 11.3 Å². The number of halogens is 1. The molecular weight excluding hydrogens is 400 g/mol. The Morgan fingerprint density at radius 1 is 1.43 bits per heavy atom. The predicted molar refractivity (Wildman–Crippen MR) is 92.9 cm³/mol. The first-order valence-corrected chi connectivity index (χ1v) is 9.82. The molecule has 1 aliphatic rings. The standard InChI is InChI=1S/C14H15BrN4O2S2/c15-9-4-6-22-12(9)10(20)7-23-14-18-17-13(8-1-2-8)19(14)5-3-11(16)21/h4,6,8H,1-3,5,7H2,(H2,16,21). The SMILES string of the molecule is NC(=O)CCn1c(SCC(=O)c2sccc2Br)nnc1C1CC1. The number of ketones is 1. The summed E-state index contributed by atoms with van der Waals surface area (Å²) in [6.07, 6.45) is 2.44. The molecule has 122 valence electrons. The molecule has 1 fully saturated rings. The second-order valence-corrected chi connectivity index (χ2v) is 8.01. The molecule has 1 aliphatic carbocycles. The number of thiophene rings is 1. The lowest BCUT2D eigenvalue weighted by molar-refractivity contribution is -0.118. The Bertz CT molecular complexity index is 739. The van der Waals surface area contributed by atoms with E-state index in [2.05, 4.69) is 26.1 Å². The van der Waals surface area contributed by atoms with Crippen molar-refractivity contribution in [2.45, 2.75) is 36.9 Å². The van der Waals surface area contributed by atoms with Crippen LogP contribution in [0.5, 0.6) is 0 Å². The van der Waals surface area contributed by atoms with E-state index < -0.39 is 0 Å². The zero-order valence-electron chi connectivity index (χ0n) is 12.2. The number of Topliss-reactive ketones (excluding diaryl/α,β-unsaturated/α-hetero) is 1. The Hall–Kier alpha value is -1.19. The summed E-state index contributed by atoms with van der Waals surface area (Å²) in [7, 11) is 0. The van der Waals surface area contributed by atoms with Crippen LogP contribution in [0.2, 0.25) is 0 Å². The number of thioether (sulfide) groups is 1. The number of amides is 1. The molecule has 2 aromatic rings. The molecule has 0 radical (unpaired) electrons. The Balaban J connectivity index is 1.70. The molecule has 2 aromatic heterocycles. The number of carbonyl (C=O) groups excluding carboxylic acids is 2. The van der Waals surface area contributed by atoms with E-state index in [0.717, 1.165) is 23.1 Å². The topological polar surface area (TPSA) is 90.9 Å². The molecule has 6 nitrogen and oxygen atoms in total. The Kier molecular flexibility index (Phi) is 5.17. The summed E-state index contributed by atoms with van der Waals surface area (Å²) in [5.41, 5.74) is 5.25. The van der Waals surface area contributed by atoms with Crippen LogP contribution in [0, 0.1) is 0 Å². The average molecular weight is 415 g/mol. The van der Waals surface area contributed by atoms with Crippen molar-refractivity contribution in [3.05, 3.63) is 26.6 Å². The lowest BCUT2D eigenvalue weighted by Gasteiger charge is -2.08. The molecule has 0 saturated heterocycles. The van der Waals surface area contributed by atoms with Crippen LogP contribution in [0.3, 0.4) is 0 Å². The van der Waals surface area contributed by atoms with Gasteiger partial charge in [0.2, 0.25) is 5.91 Å². The lowest BCUT2D eigenvalue weighted by atomic mass is 10.3. The van der Waals surface area contributed by atoms with E-state index in [0.29, 0.717) is 28.2 Å². The number of nitrogens with zero attached hydrogens (tertiary/aromatic N) is 3. The van der Waals surface area contributed by atoms with Gasteiger partial charge in [0.05, 0.1) is 10.6 Å². The minimum Gasteiger partial charge on any atom is -0.370 e. The summed E-state index contributed by atoms with van der Waals surface area (Å²) in [6, 6.07) is 1.86. The molecule has 9 heteroatoms. The normalized spacial score (nSPS) is 14.1. The number of hydrogen-bond donors (Lipinski definition) is 1. The van der Waals surface area contributed by atoms with Crippen LogP contribution in [0.15, 0.2) is 21.1 Å². The van der Waals surface area contributed by atoms with Crippen molar-refractivity contribution in [2.75, 3.05) is 5.75 Å². The summed E-state index contributed by atoms with van der Waals surface area (Å²) in [4.78, 5) is 24.0. The predicted octanol–water partition coefficient (Wildman–Crippen LogP) is 2.83. The first-order chi connectivity index (χ1) is 11.1. The van der Waals surface area contributed by atoms with E-state index in [1.807, 2.05) is 16.0 Å². The molecule has 3 rings (SSSR count). The van der Waals surface area contributed by atoms with Crippen molar-refractivity contribution in [2.24, 2.45) is 5.73 Å². The maximum atomic E-state index is 12.3. The molecular formula is C14H15BrN4O2S2. The van der Waals surface area contributed by atoms with Gasteiger partial charge in [-0.15, -0.1) is 21.5 Å². The molecule has 0 aromatic carbocycles. The van der Waals surface area contributed by atoms with E-state index >= 15 is 0 Å². The van der Waals surface area contributed by atoms with Crippen LogP contribution in [0.25, 0.3) is 0 Å². The molecule has 0 aliphatic heterocycles. The van der Waals surface area contributed by atoms with Crippen molar-refractivity contribution in [1.82, 2.24) is 14.8 Å². The van der Waals surface area contributed by atoms with Gasteiger partial charge in [0.25, 0.3) is 0 Å². The van der Waals surface area contributed by atoms with Crippen LogP contribution in [-0.4, -0.2) is 32.2 Å². The summed E-state index contributed by atoms with van der Waals surface area (Å²) in [6.45, 7) is 0.466. The maximum absolute atomic E-state index is 12.3. The van der Waals surface area contributed by atoms with Crippen LogP contribution in [0.4, 0.5) is 0 Å². The van der Waals surface area contributed by atoms with Crippen molar-refractivity contribution in [3.63, 3.8) is 0 Å². The van der Waals surface area contributed by atoms with Gasteiger partial charge in [0, 0.05) is 23.4 Å². The van der Waals surface area contributed by atoms with E-state index in [9.17, 15) is 9.59 Å². The third-order valence-corrected chi connectivity index (χ3v) is 6.32. The highest BCUT2D eigenvalue weighted by atomic mass is 79.9. The van der Waals surface area contributed by atoms with Crippen molar-refractivity contribution in [1.29, 1.82) is 0 Å². The van der Waals surface area contributed by atoms with Crippen LogP contribution >= 0.6 is 39.0 Å². The molecule has 1 saturated carbocycles. The molecule has 0 atom stereocenters. The first kappa shape index (κ1) is 16.7. The minimum absolute atomic E-state index is 0.0503. The average Bonchev–Trinajstić information content (AvgIpc) is 3.13. The molecule has 2 heterocycles. The Morgan fingerprint density at radius 3 is 2.83 bits per heavy atom. The highest BCUT2D eigenvalue weighted by Gasteiger charge is 2.30. The van der Waals surface area contributed by atoms with Gasteiger partial charge in [-0.2, -0.15) is 0 Å². The number of aromatic nitrogens is 3. The van der Waals surface area contributed by atoms with E-state index in [1.165, 1.54) is 23.1 Å². The largest absolute Gasteiger partial charge is 0.370 e. The highest BCUT2D eigenvalue weighted by Crippen LogP contribution is 2.40. The smallest absolute Gasteiger partial charge is 0.219 e. The molecule has 0 spiro atoms.